The number of nitriles is 1. The van der Waals surface area contributed by atoms with Crippen LogP contribution in [0, 0.1) is 17.2 Å². The monoisotopic (exact) mass is 251 g/mol. The Kier molecular flexibility index (Phi) is 4.02. The van der Waals surface area contributed by atoms with Gasteiger partial charge in [0.25, 0.3) is 0 Å². The third-order valence-electron chi connectivity index (χ3n) is 2.28. The predicted molar refractivity (Wildman–Crippen MR) is 63.3 cm³/mol. The van der Waals surface area contributed by atoms with Crippen molar-refractivity contribution in [2.24, 2.45) is 5.92 Å². The van der Waals surface area contributed by atoms with Crippen LogP contribution in [0.25, 0.3) is 0 Å². The molecule has 1 aromatic carbocycles. The van der Waals surface area contributed by atoms with Crippen LogP contribution >= 0.6 is 0 Å². The Bertz CT molecular complexity index is 550. The molecule has 0 amide bonds. The van der Waals surface area contributed by atoms with Gasteiger partial charge >= 0.3 is 0 Å². The van der Waals surface area contributed by atoms with Gasteiger partial charge < -0.3 is 0 Å². The van der Waals surface area contributed by atoms with Gasteiger partial charge in [-0.15, -0.1) is 0 Å². The summed E-state index contributed by atoms with van der Waals surface area (Å²) < 4.78 is 23.1. The van der Waals surface area contributed by atoms with E-state index in [0.717, 1.165) is 0 Å². The lowest BCUT2D eigenvalue weighted by Gasteiger charge is -2.05. The van der Waals surface area contributed by atoms with Crippen LogP contribution in [-0.4, -0.2) is 20.0 Å². The van der Waals surface area contributed by atoms with Gasteiger partial charge in [-0.3, -0.25) is 4.79 Å². The minimum Gasteiger partial charge on any atom is -0.294 e. The highest BCUT2D eigenvalue weighted by Gasteiger charge is 2.15. The molecule has 0 radical (unpaired) electrons. The standard InChI is InChI=1S/C12H13NO3S/c1-9(2)12(14)10-3-5-11(6-4-10)17(15,16)8-7-13/h3-6,9H,8H2,1-2H3. The quantitative estimate of drug-likeness (QED) is 0.765. The highest BCUT2D eigenvalue weighted by atomic mass is 32.2. The number of ketones is 1. The number of carbonyl (C=O) groups excluding carboxylic acids is 1. The minimum absolute atomic E-state index is 0.0331. The van der Waals surface area contributed by atoms with Crippen LogP contribution in [-0.2, 0) is 9.84 Å². The van der Waals surface area contributed by atoms with Crippen LogP contribution in [0.5, 0.6) is 0 Å². The predicted octanol–water partition coefficient (Wildman–Crippen LogP) is 1.82. The molecule has 0 spiro atoms. The van der Waals surface area contributed by atoms with Crippen molar-refractivity contribution in [2.45, 2.75) is 18.7 Å². The number of hydrogen-bond donors (Lipinski definition) is 0. The molecule has 0 N–H and O–H groups in total. The van der Waals surface area contributed by atoms with Gasteiger partial charge in [-0.05, 0) is 12.1 Å². The van der Waals surface area contributed by atoms with Gasteiger partial charge in [0.2, 0.25) is 0 Å². The largest absolute Gasteiger partial charge is 0.294 e. The lowest BCUT2D eigenvalue weighted by Crippen LogP contribution is -2.09. The topological polar surface area (TPSA) is 75.0 Å². The fourth-order valence-electron chi connectivity index (χ4n) is 1.33. The third-order valence-corrected chi connectivity index (χ3v) is 3.78. The smallest absolute Gasteiger partial charge is 0.191 e. The maximum absolute atomic E-state index is 11.6. The van der Waals surface area contributed by atoms with E-state index >= 15 is 0 Å². The molecule has 90 valence electrons. The Morgan fingerprint density at radius 3 is 2.24 bits per heavy atom. The van der Waals surface area contributed by atoms with Gasteiger partial charge in [-0.25, -0.2) is 8.42 Å². The SMILES string of the molecule is CC(C)C(=O)c1ccc(S(=O)(=O)CC#N)cc1. The second kappa shape index (κ2) is 5.11. The molecule has 1 aromatic rings. The van der Waals surface area contributed by atoms with Crippen molar-refractivity contribution in [3.63, 3.8) is 0 Å². The number of Topliss-reactive ketones (excluding diaryl/α,β-unsaturated/α-hetero) is 1. The summed E-state index contributed by atoms with van der Waals surface area (Å²) >= 11 is 0. The highest BCUT2D eigenvalue weighted by molar-refractivity contribution is 7.91. The van der Waals surface area contributed by atoms with Gasteiger partial charge in [0.15, 0.2) is 15.6 Å². The summed E-state index contributed by atoms with van der Waals surface area (Å²) in [6, 6.07) is 7.29. The Morgan fingerprint density at radius 1 is 1.29 bits per heavy atom. The Balaban J connectivity index is 3.05. The summed E-state index contributed by atoms with van der Waals surface area (Å²) in [7, 11) is -3.55. The van der Waals surface area contributed by atoms with E-state index in [0.29, 0.717) is 5.56 Å². The van der Waals surface area contributed by atoms with E-state index in [1.807, 2.05) is 0 Å². The summed E-state index contributed by atoms with van der Waals surface area (Å²) in [5.41, 5.74) is 0.482. The molecule has 5 heteroatoms. The molecule has 0 heterocycles. The number of sulfone groups is 1. The average molecular weight is 251 g/mol. The van der Waals surface area contributed by atoms with Gasteiger partial charge in [0.05, 0.1) is 11.0 Å². The van der Waals surface area contributed by atoms with E-state index in [4.69, 9.17) is 5.26 Å². The molecule has 1 rings (SSSR count). The Labute approximate surface area is 101 Å². The van der Waals surface area contributed by atoms with Crippen molar-refractivity contribution in [2.75, 3.05) is 5.75 Å². The number of carbonyl (C=O) groups is 1. The van der Waals surface area contributed by atoms with Crippen LogP contribution in [0.15, 0.2) is 29.2 Å². The normalized spacial score (nSPS) is 11.2. The molecule has 0 fully saturated rings. The van der Waals surface area contributed by atoms with E-state index < -0.39 is 15.6 Å². The van der Waals surface area contributed by atoms with E-state index in [2.05, 4.69) is 0 Å². The second-order valence-corrected chi connectivity index (χ2v) is 5.95. The molecular formula is C12H13NO3S. The molecule has 17 heavy (non-hydrogen) atoms. The third kappa shape index (κ3) is 3.14. The number of benzene rings is 1. The van der Waals surface area contributed by atoms with Crippen molar-refractivity contribution in [3.8, 4) is 6.07 Å². The van der Waals surface area contributed by atoms with Crippen LogP contribution in [0.2, 0.25) is 0 Å². The fourth-order valence-corrected chi connectivity index (χ4v) is 2.22. The van der Waals surface area contributed by atoms with Crippen LogP contribution in [0.1, 0.15) is 24.2 Å². The van der Waals surface area contributed by atoms with E-state index in [9.17, 15) is 13.2 Å². The first-order valence-corrected chi connectivity index (χ1v) is 6.77. The number of rotatable bonds is 4. The molecule has 4 nitrogen and oxygen atoms in total. The minimum atomic E-state index is -3.55. The van der Waals surface area contributed by atoms with Crippen LogP contribution < -0.4 is 0 Å². The molecule has 0 aromatic heterocycles. The summed E-state index contributed by atoms with van der Waals surface area (Å²) in [5, 5.41) is 8.40. The molecule has 0 bridgehead atoms. The lowest BCUT2D eigenvalue weighted by molar-refractivity contribution is 0.0939. The maximum atomic E-state index is 11.6. The van der Waals surface area contributed by atoms with Crippen LogP contribution in [0.4, 0.5) is 0 Å². The first kappa shape index (κ1) is 13.4. The first-order chi connectivity index (χ1) is 7.88. The first-order valence-electron chi connectivity index (χ1n) is 5.12. The van der Waals surface area contributed by atoms with Gasteiger partial charge in [-0.1, -0.05) is 26.0 Å². The zero-order valence-electron chi connectivity index (χ0n) is 9.67. The molecule has 0 aliphatic rings. The van der Waals surface area contributed by atoms with E-state index in [1.165, 1.54) is 24.3 Å². The van der Waals surface area contributed by atoms with Gasteiger partial charge in [0, 0.05) is 11.5 Å². The Hall–Kier alpha value is -1.67. The molecule has 0 unspecified atom stereocenters. The zero-order valence-corrected chi connectivity index (χ0v) is 10.5. The van der Waals surface area contributed by atoms with Crippen molar-refractivity contribution in [3.05, 3.63) is 29.8 Å². The summed E-state index contributed by atoms with van der Waals surface area (Å²) in [4.78, 5) is 11.7. The molecule has 0 saturated heterocycles. The van der Waals surface area contributed by atoms with Gasteiger partial charge in [-0.2, -0.15) is 5.26 Å². The number of hydrogen-bond acceptors (Lipinski definition) is 4. The highest BCUT2D eigenvalue weighted by Crippen LogP contribution is 2.14. The van der Waals surface area contributed by atoms with Gasteiger partial charge in [0.1, 0.15) is 5.75 Å². The fraction of sp³-hybridized carbons (Fsp3) is 0.333. The Morgan fingerprint density at radius 2 is 1.82 bits per heavy atom. The lowest BCUT2D eigenvalue weighted by atomic mass is 10.0. The number of nitrogens with zero attached hydrogens (tertiary/aromatic N) is 1. The van der Waals surface area contributed by atoms with Crippen molar-refractivity contribution >= 4 is 15.6 Å². The zero-order chi connectivity index (χ0) is 13.1. The molecule has 0 aliphatic heterocycles. The summed E-state index contributed by atoms with van der Waals surface area (Å²) in [6.45, 7) is 3.56. The average Bonchev–Trinajstić information content (AvgIpc) is 2.28. The van der Waals surface area contributed by atoms with Crippen molar-refractivity contribution in [1.82, 2.24) is 0 Å². The van der Waals surface area contributed by atoms with E-state index in [1.54, 1.807) is 19.9 Å². The van der Waals surface area contributed by atoms with Crippen LogP contribution in [0.3, 0.4) is 0 Å². The summed E-state index contributed by atoms with van der Waals surface area (Å²) in [6.07, 6.45) is 0. The molecule has 0 saturated carbocycles. The molecular weight excluding hydrogens is 238 g/mol. The summed E-state index contributed by atoms with van der Waals surface area (Å²) in [5.74, 6) is -0.712. The maximum Gasteiger partial charge on any atom is 0.191 e. The van der Waals surface area contributed by atoms with Crippen molar-refractivity contribution in [1.29, 1.82) is 5.26 Å². The van der Waals surface area contributed by atoms with Crippen molar-refractivity contribution < 1.29 is 13.2 Å². The second-order valence-electron chi connectivity index (χ2n) is 3.96. The van der Waals surface area contributed by atoms with E-state index in [-0.39, 0.29) is 16.6 Å². The molecule has 0 aliphatic carbocycles. The molecule has 0 atom stereocenters.